The summed E-state index contributed by atoms with van der Waals surface area (Å²) in [6.07, 6.45) is 0. The molecule has 20 heavy (non-hydrogen) atoms. The van der Waals surface area contributed by atoms with Gasteiger partial charge in [0.2, 0.25) is 0 Å². The van der Waals surface area contributed by atoms with E-state index in [0.717, 1.165) is 0 Å². The third-order valence-electron chi connectivity index (χ3n) is 2.88. The summed E-state index contributed by atoms with van der Waals surface area (Å²) in [5, 5.41) is 35.1. The minimum atomic E-state index is -1.06. The quantitative estimate of drug-likeness (QED) is 0.670. The highest BCUT2D eigenvalue weighted by Gasteiger charge is 2.31. The van der Waals surface area contributed by atoms with Gasteiger partial charge in [0.1, 0.15) is 0 Å². The van der Waals surface area contributed by atoms with Crippen molar-refractivity contribution in [2.24, 2.45) is 0 Å². The van der Waals surface area contributed by atoms with Crippen LogP contribution in [0, 0.1) is 0 Å². The van der Waals surface area contributed by atoms with Gasteiger partial charge in [-0.05, 0) is 52.0 Å². The SMILES string of the molecule is CC(C)(O)C(C)(C)O.O=C(O)c1ccc(C(=O)O)cc1. The van der Waals surface area contributed by atoms with Crippen LogP contribution in [0.25, 0.3) is 0 Å². The predicted molar refractivity (Wildman–Crippen MR) is 73.0 cm³/mol. The fourth-order valence-electron chi connectivity index (χ4n) is 0.755. The molecule has 0 aliphatic rings. The second-order valence-corrected chi connectivity index (χ2v) is 5.31. The van der Waals surface area contributed by atoms with Crippen molar-refractivity contribution in [3.63, 3.8) is 0 Å². The van der Waals surface area contributed by atoms with Crippen LogP contribution >= 0.6 is 0 Å². The van der Waals surface area contributed by atoms with Gasteiger partial charge in [0.05, 0.1) is 22.3 Å². The molecule has 0 spiro atoms. The highest BCUT2D eigenvalue weighted by atomic mass is 16.4. The summed E-state index contributed by atoms with van der Waals surface area (Å²) in [6.45, 7) is 6.31. The van der Waals surface area contributed by atoms with Crippen LogP contribution < -0.4 is 0 Å². The Bertz CT molecular complexity index is 417. The molecule has 4 N–H and O–H groups in total. The van der Waals surface area contributed by atoms with Crippen molar-refractivity contribution in [3.05, 3.63) is 35.4 Å². The number of aliphatic hydroxyl groups is 2. The Balaban J connectivity index is 0.000000396. The summed E-state index contributed by atoms with van der Waals surface area (Å²) in [6, 6.07) is 5.02. The molecular formula is C14H20O6. The van der Waals surface area contributed by atoms with Crippen molar-refractivity contribution in [2.75, 3.05) is 0 Å². The first-order chi connectivity index (χ1) is 8.86. The number of benzene rings is 1. The maximum atomic E-state index is 10.3. The molecule has 0 radical (unpaired) electrons. The topological polar surface area (TPSA) is 115 Å². The molecule has 0 fully saturated rings. The van der Waals surface area contributed by atoms with Gasteiger partial charge in [0.25, 0.3) is 0 Å². The molecule has 0 atom stereocenters. The second kappa shape index (κ2) is 6.49. The van der Waals surface area contributed by atoms with E-state index < -0.39 is 23.1 Å². The molecule has 0 bridgehead atoms. The lowest BCUT2D eigenvalue weighted by Crippen LogP contribution is -2.44. The zero-order valence-corrected chi connectivity index (χ0v) is 11.9. The van der Waals surface area contributed by atoms with E-state index >= 15 is 0 Å². The first kappa shape index (κ1) is 18.1. The van der Waals surface area contributed by atoms with Crippen molar-refractivity contribution < 1.29 is 30.0 Å². The largest absolute Gasteiger partial charge is 0.478 e. The Labute approximate surface area is 117 Å². The lowest BCUT2D eigenvalue weighted by molar-refractivity contribution is -0.107. The van der Waals surface area contributed by atoms with Crippen LogP contribution in [0.3, 0.4) is 0 Å². The number of carbonyl (C=O) groups is 2. The van der Waals surface area contributed by atoms with Crippen LogP contribution in [0.15, 0.2) is 24.3 Å². The lowest BCUT2D eigenvalue weighted by Gasteiger charge is -2.31. The van der Waals surface area contributed by atoms with Gasteiger partial charge in [-0.25, -0.2) is 9.59 Å². The van der Waals surface area contributed by atoms with E-state index in [1.165, 1.54) is 24.3 Å². The van der Waals surface area contributed by atoms with E-state index in [4.69, 9.17) is 20.4 Å². The third kappa shape index (κ3) is 5.81. The van der Waals surface area contributed by atoms with Crippen LogP contribution in [0.5, 0.6) is 0 Å². The number of aromatic carboxylic acids is 2. The molecule has 0 unspecified atom stereocenters. The smallest absolute Gasteiger partial charge is 0.335 e. The molecule has 1 rings (SSSR count). The summed E-state index contributed by atoms with van der Waals surface area (Å²) in [5.41, 5.74) is -1.85. The minimum Gasteiger partial charge on any atom is -0.478 e. The summed E-state index contributed by atoms with van der Waals surface area (Å²) in [4.78, 5) is 20.7. The zero-order chi connectivity index (χ0) is 16.1. The van der Waals surface area contributed by atoms with E-state index in [1.54, 1.807) is 27.7 Å². The van der Waals surface area contributed by atoms with Crippen molar-refractivity contribution >= 4 is 11.9 Å². The van der Waals surface area contributed by atoms with E-state index in [-0.39, 0.29) is 11.1 Å². The Hall–Kier alpha value is -1.92. The van der Waals surface area contributed by atoms with Crippen LogP contribution in [0.1, 0.15) is 48.4 Å². The van der Waals surface area contributed by atoms with E-state index in [0.29, 0.717) is 0 Å². The van der Waals surface area contributed by atoms with E-state index in [2.05, 4.69) is 0 Å². The van der Waals surface area contributed by atoms with Gasteiger partial charge in [-0.1, -0.05) is 0 Å². The Morgan fingerprint density at radius 1 is 0.750 bits per heavy atom. The van der Waals surface area contributed by atoms with Crippen LogP contribution in [-0.4, -0.2) is 43.6 Å². The number of hydrogen-bond acceptors (Lipinski definition) is 4. The van der Waals surface area contributed by atoms with Crippen molar-refractivity contribution in [1.29, 1.82) is 0 Å². The Morgan fingerprint density at radius 3 is 1.05 bits per heavy atom. The molecule has 6 nitrogen and oxygen atoms in total. The van der Waals surface area contributed by atoms with Crippen molar-refractivity contribution in [1.82, 2.24) is 0 Å². The first-order valence-electron chi connectivity index (χ1n) is 5.87. The van der Waals surface area contributed by atoms with Crippen LogP contribution in [0.4, 0.5) is 0 Å². The highest BCUT2D eigenvalue weighted by Crippen LogP contribution is 2.19. The van der Waals surface area contributed by atoms with Gasteiger partial charge in [0, 0.05) is 0 Å². The van der Waals surface area contributed by atoms with E-state index in [1.807, 2.05) is 0 Å². The van der Waals surface area contributed by atoms with E-state index in [9.17, 15) is 9.59 Å². The first-order valence-corrected chi connectivity index (χ1v) is 5.87. The van der Waals surface area contributed by atoms with Gasteiger partial charge in [-0.3, -0.25) is 0 Å². The molecule has 0 heterocycles. The number of hydrogen-bond donors (Lipinski definition) is 4. The summed E-state index contributed by atoms with van der Waals surface area (Å²) >= 11 is 0. The van der Waals surface area contributed by atoms with Gasteiger partial charge in [-0.15, -0.1) is 0 Å². The third-order valence-corrected chi connectivity index (χ3v) is 2.88. The average molecular weight is 284 g/mol. The number of carboxylic acid groups (broad SMARTS) is 2. The molecule has 0 amide bonds. The normalized spacial score (nSPS) is 11.3. The zero-order valence-electron chi connectivity index (χ0n) is 11.9. The molecular weight excluding hydrogens is 264 g/mol. The molecule has 1 aromatic rings. The minimum absolute atomic E-state index is 0.0833. The maximum absolute atomic E-state index is 10.3. The lowest BCUT2D eigenvalue weighted by atomic mass is 9.90. The summed E-state index contributed by atoms with van der Waals surface area (Å²) in [5.74, 6) is -2.13. The fraction of sp³-hybridized carbons (Fsp3) is 0.429. The molecule has 0 aliphatic heterocycles. The standard InChI is InChI=1S/C8H6O4.C6H14O2/c9-7(10)5-1-2-6(4-3-5)8(11)12;1-5(2,7)6(3,4)8/h1-4H,(H,9,10)(H,11,12);7-8H,1-4H3. The monoisotopic (exact) mass is 284 g/mol. The molecule has 0 saturated heterocycles. The van der Waals surface area contributed by atoms with Gasteiger partial charge >= 0.3 is 11.9 Å². The highest BCUT2D eigenvalue weighted by molar-refractivity contribution is 5.91. The van der Waals surface area contributed by atoms with Crippen LogP contribution in [-0.2, 0) is 0 Å². The molecule has 6 heteroatoms. The van der Waals surface area contributed by atoms with Gasteiger partial charge in [-0.2, -0.15) is 0 Å². The van der Waals surface area contributed by atoms with Crippen molar-refractivity contribution in [2.45, 2.75) is 38.9 Å². The fourth-order valence-corrected chi connectivity index (χ4v) is 0.755. The molecule has 0 saturated carbocycles. The molecule has 0 aliphatic carbocycles. The molecule has 1 aromatic carbocycles. The van der Waals surface area contributed by atoms with Crippen molar-refractivity contribution in [3.8, 4) is 0 Å². The molecule has 112 valence electrons. The predicted octanol–water partition coefficient (Wildman–Crippen LogP) is 1.61. The molecule has 0 aromatic heterocycles. The summed E-state index contributed by atoms with van der Waals surface area (Å²) < 4.78 is 0. The number of carboxylic acids is 2. The Kier molecular flexibility index (Phi) is 5.87. The second-order valence-electron chi connectivity index (χ2n) is 5.31. The van der Waals surface area contributed by atoms with Gasteiger partial charge in [0.15, 0.2) is 0 Å². The van der Waals surface area contributed by atoms with Crippen LogP contribution in [0.2, 0.25) is 0 Å². The summed E-state index contributed by atoms with van der Waals surface area (Å²) in [7, 11) is 0. The average Bonchev–Trinajstić information content (AvgIpc) is 2.27. The van der Waals surface area contributed by atoms with Gasteiger partial charge < -0.3 is 20.4 Å². The maximum Gasteiger partial charge on any atom is 0.335 e. The Morgan fingerprint density at radius 2 is 0.950 bits per heavy atom. The number of rotatable bonds is 3.